The van der Waals surface area contributed by atoms with Gasteiger partial charge in [-0.25, -0.2) is 4.58 Å². The Kier molecular flexibility index (Phi) is 9.18. The van der Waals surface area contributed by atoms with E-state index in [4.69, 9.17) is 4.74 Å². The molecule has 0 saturated heterocycles. The fourth-order valence-corrected chi connectivity index (χ4v) is 3.67. The summed E-state index contributed by atoms with van der Waals surface area (Å²) in [7, 11) is -1.90. The van der Waals surface area contributed by atoms with Gasteiger partial charge in [0.25, 0.3) is 0 Å². The van der Waals surface area contributed by atoms with Gasteiger partial charge in [-0.1, -0.05) is 48.2 Å². The lowest BCUT2D eigenvalue weighted by Crippen LogP contribution is -2.09. The van der Waals surface area contributed by atoms with Crippen molar-refractivity contribution >= 4 is 30.5 Å². The number of thioether (sulfide) groups is 1. The van der Waals surface area contributed by atoms with Crippen LogP contribution in [0.15, 0.2) is 94.3 Å². The Hall–Kier alpha value is -2.74. The molecule has 164 valence electrons. The van der Waals surface area contributed by atoms with Gasteiger partial charge in [0.2, 0.25) is 0 Å². The van der Waals surface area contributed by atoms with E-state index in [9.17, 15) is 17.3 Å². The van der Waals surface area contributed by atoms with Crippen molar-refractivity contribution in [2.45, 2.75) is 11.8 Å². The highest BCUT2D eigenvalue weighted by atomic mass is 32.2. The largest absolute Gasteiger partial charge is 0.673 e. The number of fused-ring (bicyclic) bond motifs is 1. The number of rotatable bonds is 4. The topological polar surface area (TPSA) is 12.2 Å². The van der Waals surface area contributed by atoms with Crippen molar-refractivity contribution in [1.29, 1.82) is 0 Å². The lowest BCUT2D eigenvalue weighted by atomic mass is 10.1. The number of allylic oxidation sites excluding steroid dienone is 10. The molecule has 0 unspecified atom stereocenters. The van der Waals surface area contributed by atoms with Crippen LogP contribution in [0.4, 0.5) is 17.3 Å². The van der Waals surface area contributed by atoms with Crippen molar-refractivity contribution < 1.29 is 26.6 Å². The Morgan fingerprint density at radius 3 is 2.19 bits per heavy atom. The minimum atomic E-state index is -6.00. The average molecular weight is 449 g/mol. The second-order valence-electron chi connectivity index (χ2n) is 6.64. The maximum atomic E-state index is 9.75. The summed E-state index contributed by atoms with van der Waals surface area (Å²) < 4.78 is 46.9. The molecule has 0 amide bonds. The van der Waals surface area contributed by atoms with Gasteiger partial charge in [0.15, 0.2) is 5.71 Å². The average Bonchev–Trinajstić information content (AvgIpc) is 2.70. The van der Waals surface area contributed by atoms with E-state index in [0.717, 1.165) is 5.76 Å². The fraction of sp³-hybridized carbons (Fsp3) is 0.174. The van der Waals surface area contributed by atoms with Crippen molar-refractivity contribution in [2.75, 3.05) is 20.7 Å². The van der Waals surface area contributed by atoms with Gasteiger partial charge in [0.05, 0.1) is 6.61 Å². The first-order chi connectivity index (χ1) is 14.7. The summed E-state index contributed by atoms with van der Waals surface area (Å²) in [4.78, 5) is 2.42. The van der Waals surface area contributed by atoms with Crippen LogP contribution in [-0.2, 0) is 4.74 Å². The van der Waals surface area contributed by atoms with Gasteiger partial charge in [0, 0.05) is 27.5 Å². The number of ether oxygens (including phenoxy) is 1. The van der Waals surface area contributed by atoms with Crippen molar-refractivity contribution in [3.8, 4) is 0 Å². The van der Waals surface area contributed by atoms with Gasteiger partial charge in [0.1, 0.15) is 19.9 Å². The third-order valence-electron chi connectivity index (χ3n) is 4.02. The molecule has 1 heterocycles. The lowest BCUT2D eigenvalue weighted by molar-refractivity contribution is -0.462. The molecule has 0 spiro atoms. The van der Waals surface area contributed by atoms with Crippen LogP contribution >= 0.6 is 11.8 Å². The zero-order valence-corrected chi connectivity index (χ0v) is 18.4. The first-order valence-corrected chi connectivity index (χ1v) is 10.5. The second kappa shape index (κ2) is 11.6. The summed E-state index contributed by atoms with van der Waals surface area (Å²) in [6.07, 6.45) is 19.0. The molecular formula is C23H24BF4NOS. The summed E-state index contributed by atoms with van der Waals surface area (Å²) in [5.74, 6) is 0.949. The maximum absolute atomic E-state index is 9.75. The first kappa shape index (κ1) is 24.5. The Bertz CT molecular complexity index is 973. The number of benzene rings is 1. The highest BCUT2D eigenvalue weighted by molar-refractivity contribution is 8.03. The number of halogens is 4. The van der Waals surface area contributed by atoms with Gasteiger partial charge in [-0.15, -0.1) is 0 Å². The van der Waals surface area contributed by atoms with E-state index in [2.05, 4.69) is 97.6 Å². The van der Waals surface area contributed by atoms with Crippen molar-refractivity contribution in [3.05, 3.63) is 95.0 Å². The van der Waals surface area contributed by atoms with E-state index in [0.29, 0.717) is 6.61 Å². The molecule has 31 heavy (non-hydrogen) atoms. The summed E-state index contributed by atoms with van der Waals surface area (Å²) in [6.45, 7) is 2.69. The van der Waals surface area contributed by atoms with Crippen LogP contribution in [0.3, 0.4) is 0 Å². The molecule has 0 atom stereocenters. The Morgan fingerprint density at radius 2 is 1.58 bits per heavy atom. The van der Waals surface area contributed by atoms with Crippen LogP contribution in [0.2, 0.25) is 0 Å². The number of hydrogen-bond acceptors (Lipinski definition) is 2. The molecule has 2 aliphatic rings. The maximum Gasteiger partial charge on any atom is 0.673 e. The van der Waals surface area contributed by atoms with Crippen LogP contribution in [0, 0.1) is 0 Å². The quantitative estimate of drug-likeness (QED) is 0.289. The Labute approximate surface area is 184 Å². The van der Waals surface area contributed by atoms with Crippen LogP contribution in [0.5, 0.6) is 0 Å². The normalized spacial score (nSPS) is 16.6. The van der Waals surface area contributed by atoms with Crippen molar-refractivity contribution in [2.24, 2.45) is 0 Å². The van der Waals surface area contributed by atoms with E-state index < -0.39 is 7.25 Å². The zero-order chi connectivity index (χ0) is 22.9. The molecule has 2 nitrogen and oxygen atoms in total. The number of hydrogen-bond donors (Lipinski definition) is 0. The smallest absolute Gasteiger partial charge is 0.493 e. The lowest BCUT2D eigenvalue weighted by Gasteiger charge is -2.18. The molecule has 0 saturated carbocycles. The SMILES string of the molecule is CCOC1=CC(=CC=CC=C2C=CC(=[N+](C)C)C=C2)Sc2ccccc21.F[B-](F)(F)F. The summed E-state index contributed by atoms with van der Waals surface area (Å²) >= 11 is 1.77. The van der Waals surface area contributed by atoms with Gasteiger partial charge < -0.3 is 22.0 Å². The number of nitrogens with zero attached hydrogens (tertiary/aromatic N) is 1. The van der Waals surface area contributed by atoms with E-state index in [-0.39, 0.29) is 0 Å². The molecule has 0 fully saturated rings. The molecule has 0 N–H and O–H groups in total. The predicted octanol–water partition coefficient (Wildman–Crippen LogP) is 6.68. The molecule has 0 aromatic heterocycles. The second-order valence-corrected chi connectivity index (χ2v) is 7.76. The Morgan fingerprint density at radius 1 is 0.968 bits per heavy atom. The molecule has 1 aliphatic heterocycles. The summed E-state index contributed by atoms with van der Waals surface area (Å²) in [6, 6.07) is 8.38. The summed E-state index contributed by atoms with van der Waals surface area (Å²) in [5, 5.41) is 0. The van der Waals surface area contributed by atoms with E-state index >= 15 is 0 Å². The molecule has 3 rings (SSSR count). The highest BCUT2D eigenvalue weighted by Crippen LogP contribution is 2.40. The first-order valence-electron chi connectivity index (χ1n) is 9.65. The highest BCUT2D eigenvalue weighted by Gasteiger charge is 2.20. The predicted molar refractivity (Wildman–Crippen MR) is 123 cm³/mol. The van der Waals surface area contributed by atoms with Crippen LogP contribution in [0.25, 0.3) is 5.76 Å². The minimum absolute atomic E-state index is 0.671. The van der Waals surface area contributed by atoms with Gasteiger partial charge in [-0.2, -0.15) is 0 Å². The van der Waals surface area contributed by atoms with E-state index in [1.165, 1.54) is 26.6 Å². The van der Waals surface area contributed by atoms with Gasteiger partial charge >= 0.3 is 7.25 Å². The molecule has 0 bridgehead atoms. The van der Waals surface area contributed by atoms with Gasteiger partial charge in [-0.05, 0) is 42.9 Å². The third kappa shape index (κ3) is 8.88. The van der Waals surface area contributed by atoms with Crippen LogP contribution in [0.1, 0.15) is 12.5 Å². The standard InChI is InChI=1S/C23H24NOS.BF4/c1-4-25-22-17-20(26-23-12-8-7-11-21(22)23)10-6-5-9-18-13-15-19(16-14-18)24(2)3;2-1(3,4)5/h5-17H,4H2,1-3H3;/q+1;-1. The summed E-state index contributed by atoms with van der Waals surface area (Å²) in [5.41, 5.74) is 3.57. The van der Waals surface area contributed by atoms with Gasteiger partial charge in [-0.3, -0.25) is 0 Å². The molecule has 1 aromatic carbocycles. The zero-order valence-electron chi connectivity index (χ0n) is 17.6. The minimum Gasteiger partial charge on any atom is -0.493 e. The molecular weight excluding hydrogens is 425 g/mol. The van der Waals surface area contributed by atoms with Crippen molar-refractivity contribution in [1.82, 2.24) is 0 Å². The van der Waals surface area contributed by atoms with E-state index in [1.807, 2.05) is 6.92 Å². The van der Waals surface area contributed by atoms with E-state index in [1.54, 1.807) is 11.8 Å². The van der Waals surface area contributed by atoms with Crippen LogP contribution < -0.4 is 0 Å². The fourth-order valence-electron chi connectivity index (χ4n) is 2.68. The molecule has 1 aliphatic carbocycles. The third-order valence-corrected chi connectivity index (χ3v) is 5.09. The molecule has 1 aromatic rings. The Balaban J connectivity index is 0.000000614. The van der Waals surface area contributed by atoms with Crippen LogP contribution in [-0.4, -0.2) is 38.2 Å². The van der Waals surface area contributed by atoms with Crippen molar-refractivity contribution in [3.63, 3.8) is 0 Å². The molecule has 8 heteroatoms. The molecule has 0 radical (unpaired) electrons. The monoisotopic (exact) mass is 449 g/mol.